The van der Waals surface area contributed by atoms with Gasteiger partial charge >= 0.3 is 0 Å². The lowest BCUT2D eigenvalue weighted by Gasteiger charge is -2.29. The summed E-state index contributed by atoms with van der Waals surface area (Å²) in [6.45, 7) is 6.39. The van der Waals surface area contributed by atoms with Gasteiger partial charge in [0.05, 0.1) is 6.61 Å². The van der Waals surface area contributed by atoms with Gasteiger partial charge in [0.15, 0.2) is 0 Å². The van der Waals surface area contributed by atoms with Gasteiger partial charge in [0.2, 0.25) is 0 Å². The molecular weight excluding hydrogens is 210 g/mol. The van der Waals surface area contributed by atoms with Gasteiger partial charge in [0.25, 0.3) is 0 Å². The van der Waals surface area contributed by atoms with Gasteiger partial charge in [-0.05, 0) is 44.6 Å². The molecule has 1 rings (SSSR count). The molecule has 1 atom stereocenters. The summed E-state index contributed by atoms with van der Waals surface area (Å²) in [5.41, 5.74) is 0. The molecule has 102 valence electrons. The summed E-state index contributed by atoms with van der Waals surface area (Å²) >= 11 is 0. The Morgan fingerprint density at radius 1 is 1.18 bits per heavy atom. The highest BCUT2D eigenvalue weighted by Gasteiger charge is 2.22. The summed E-state index contributed by atoms with van der Waals surface area (Å²) in [5, 5.41) is 3.45. The molecule has 0 radical (unpaired) electrons. The van der Waals surface area contributed by atoms with Gasteiger partial charge in [-0.15, -0.1) is 0 Å². The molecule has 0 aromatic carbocycles. The highest BCUT2D eigenvalue weighted by Crippen LogP contribution is 2.26. The van der Waals surface area contributed by atoms with Crippen molar-refractivity contribution < 1.29 is 4.74 Å². The summed E-state index contributed by atoms with van der Waals surface area (Å²) in [4.78, 5) is 0. The first kappa shape index (κ1) is 15.0. The maximum atomic E-state index is 5.83. The van der Waals surface area contributed by atoms with Crippen molar-refractivity contribution in [3.63, 3.8) is 0 Å². The van der Waals surface area contributed by atoms with Crippen LogP contribution in [0.3, 0.4) is 0 Å². The number of hydrogen-bond acceptors (Lipinski definition) is 2. The van der Waals surface area contributed by atoms with Crippen molar-refractivity contribution in [3.05, 3.63) is 0 Å². The van der Waals surface area contributed by atoms with Crippen molar-refractivity contribution in [3.8, 4) is 0 Å². The molecule has 1 aliphatic carbocycles. The van der Waals surface area contributed by atoms with Crippen LogP contribution >= 0.6 is 0 Å². The van der Waals surface area contributed by atoms with Crippen LogP contribution in [0.2, 0.25) is 0 Å². The molecule has 1 fully saturated rings. The molecule has 0 aromatic rings. The van der Waals surface area contributed by atoms with Crippen LogP contribution in [-0.4, -0.2) is 26.3 Å². The van der Waals surface area contributed by atoms with Crippen LogP contribution in [0.25, 0.3) is 0 Å². The van der Waals surface area contributed by atoms with Crippen LogP contribution in [0.15, 0.2) is 0 Å². The van der Waals surface area contributed by atoms with E-state index in [1.54, 1.807) is 0 Å². The Hall–Kier alpha value is -0.0800. The third-order valence-electron chi connectivity index (χ3n) is 3.96. The minimum atomic E-state index is 0.578. The average Bonchev–Trinajstić information content (AvgIpc) is 2.34. The second kappa shape index (κ2) is 8.93. The minimum absolute atomic E-state index is 0.578. The topological polar surface area (TPSA) is 21.3 Å². The van der Waals surface area contributed by atoms with Crippen molar-refractivity contribution in [1.29, 1.82) is 0 Å². The van der Waals surface area contributed by atoms with Gasteiger partial charge in [-0.1, -0.05) is 33.1 Å². The number of likely N-dealkylation sites (N-methyl/N-ethyl adjacent to an activating group) is 1. The molecule has 1 saturated carbocycles. The molecule has 0 amide bonds. The zero-order valence-corrected chi connectivity index (χ0v) is 12.0. The third-order valence-corrected chi connectivity index (χ3v) is 3.96. The van der Waals surface area contributed by atoms with Gasteiger partial charge in [0.1, 0.15) is 0 Å². The Morgan fingerprint density at radius 2 is 1.88 bits per heavy atom. The van der Waals surface area contributed by atoms with Gasteiger partial charge in [0, 0.05) is 12.6 Å². The number of nitrogens with one attached hydrogen (secondary N) is 1. The zero-order chi connectivity index (χ0) is 12.5. The van der Waals surface area contributed by atoms with E-state index in [1.165, 1.54) is 44.9 Å². The van der Waals surface area contributed by atoms with E-state index in [2.05, 4.69) is 26.2 Å². The molecule has 0 heterocycles. The maximum Gasteiger partial charge on any atom is 0.0622 e. The predicted molar refractivity (Wildman–Crippen MR) is 74.3 cm³/mol. The molecule has 0 spiro atoms. The van der Waals surface area contributed by atoms with E-state index >= 15 is 0 Å². The van der Waals surface area contributed by atoms with E-state index in [0.29, 0.717) is 6.04 Å². The van der Waals surface area contributed by atoms with Crippen LogP contribution in [0.4, 0.5) is 0 Å². The standard InChI is InChI=1S/C15H31NO/c1-13(2)8-7-11-17-12-15(16-3)14-9-5-4-6-10-14/h13-16H,4-12H2,1-3H3. The fourth-order valence-corrected chi connectivity index (χ4v) is 2.80. The first-order valence-electron chi connectivity index (χ1n) is 7.49. The highest BCUT2D eigenvalue weighted by molar-refractivity contribution is 4.77. The lowest BCUT2D eigenvalue weighted by atomic mass is 9.84. The molecular formula is C15H31NO. The van der Waals surface area contributed by atoms with Gasteiger partial charge in [-0.25, -0.2) is 0 Å². The molecule has 0 saturated heterocycles. The summed E-state index contributed by atoms with van der Waals surface area (Å²) in [6.07, 6.45) is 9.53. The first-order valence-corrected chi connectivity index (χ1v) is 7.49. The molecule has 0 aliphatic heterocycles. The van der Waals surface area contributed by atoms with Crippen LogP contribution in [0.1, 0.15) is 58.8 Å². The molecule has 1 aliphatic rings. The van der Waals surface area contributed by atoms with Crippen LogP contribution in [-0.2, 0) is 4.74 Å². The molecule has 0 aromatic heterocycles. The van der Waals surface area contributed by atoms with E-state index in [1.807, 2.05) is 0 Å². The third kappa shape index (κ3) is 6.42. The maximum absolute atomic E-state index is 5.83. The summed E-state index contributed by atoms with van der Waals surface area (Å²) < 4.78 is 5.83. The van der Waals surface area contributed by atoms with Gasteiger partial charge < -0.3 is 10.1 Å². The van der Waals surface area contributed by atoms with Crippen molar-refractivity contribution in [2.24, 2.45) is 11.8 Å². The first-order chi connectivity index (χ1) is 8.24. The van der Waals surface area contributed by atoms with Gasteiger partial charge in [-0.2, -0.15) is 0 Å². The Balaban J connectivity index is 2.09. The Labute approximate surface area is 108 Å². The van der Waals surface area contributed by atoms with E-state index in [-0.39, 0.29) is 0 Å². The smallest absolute Gasteiger partial charge is 0.0622 e. The molecule has 17 heavy (non-hydrogen) atoms. The molecule has 2 heteroatoms. The van der Waals surface area contributed by atoms with Crippen LogP contribution in [0.5, 0.6) is 0 Å². The fraction of sp³-hybridized carbons (Fsp3) is 1.00. The quantitative estimate of drug-likeness (QED) is 0.656. The second-order valence-corrected chi connectivity index (χ2v) is 5.90. The molecule has 1 unspecified atom stereocenters. The normalized spacial score (nSPS) is 19.8. The summed E-state index contributed by atoms with van der Waals surface area (Å²) in [5.74, 6) is 1.65. The highest BCUT2D eigenvalue weighted by atomic mass is 16.5. The Kier molecular flexibility index (Phi) is 7.87. The zero-order valence-electron chi connectivity index (χ0n) is 12.0. The minimum Gasteiger partial charge on any atom is -0.380 e. The molecule has 1 N–H and O–H groups in total. The van der Waals surface area contributed by atoms with Crippen LogP contribution < -0.4 is 5.32 Å². The number of rotatable bonds is 8. The molecule has 0 bridgehead atoms. The van der Waals surface area contributed by atoms with E-state index in [9.17, 15) is 0 Å². The molecule has 2 nitrogen and oxygen atoms in total. The van der Waals surface area contributed by atoms with Crippen molar-refractivity contribution in [2.45, 2.75) is 64.8 Å². The summed E-state index contributed by atoms with van der Waals surface area (Å²) in [6, 6.07) is 0.578. The van der Waals surface area contributed by atoms with E-state index in [4.69, 9.17) is 4.74 Å². The van der Waals surface area contributed by atoms with E-state index < -0.39 is 0 Å². The van der Waals surface area contributed by atoms with Gasteiger partial charge in [-0.3, -0.25) is 0 Å². The lowest BCUT2D eigenvalue weighted by molar-refractivity contribution is 0.0832. The average molecular weight is 241 g/mol. The Morgan fingerprint density at radius 3 is 2.47 bits per heavy atom. The van der Waals surface area contributed by atoms with Crippen LogP contribution in [0, 0.1) is 11.8 Å². The number of ether oxygens (including phenoxy) is 1. The second-order valence-electron chi connectivity index (χ2n) is 5.90. The van der Waals surface area contributed by atoms with Crippen molar-refractivity contribution in [2.75, 3.05) is 20.3 Å². The van der Waals surface area contributed by atoms with Crippen molar-refractivity contribution >= 4 is 0 Å². The summed E-state index contributed by atoms with van der Waals surface area (Å²) in [7, 11) is 2.08. The predicted octanol–water partition coefficient (Wildman–Crippen LogP) is 3.61. The Bertz CT molecular complexity index is 176. The fourth-order valence-electron chi connectivity index (χ4n) is 2.80. The SMILES string of the molecule is CNC(COCCCC(C)C)C1CCCCC1. The van der Waals surface area contributed by atoms with Crippen molar-refractivity contribution in [1.82, 2.24) is 5.32 Å². The lowest BCUT2D eigenvalue weighted by Crippen LogP contribution is -2.38. The van der Waals surface area contributed by atoms with E-state index in [0.717, 1.165) is 25.0 Å². The monoisotopic (exact) mass is 241 g/mol. The number of hydrogen-bond donors (Lipinski definition) is 1. The largest absolute Gasteiger partial charge is 0.380 e.